The Kier molecular flexibility index (Phi) is 6.97. The molecule has 3 aromatic rings. The minimum Gasteiger partial charge on any atom is -0.494 e. The highest BCUT2D eigenvalue weighted by Crippen LogP contribution is 2.33. The molecule has 0 amide bonds. The van der Waals surface area contributed by atoms with E-state index in [1.807, 2.05) is 24.3 Å². The highest BCUT2D eigenvalue weighted by molar-refractivity contribution is 6.32. The Hall–Kier alpha value is -3.03. The number of rotatable bonds is 7. The van der Waals surface area contributed by atoms with Crippen molar-refractivity contribution in [2.45, 2.75) is 13.0 Å². The third kappa shape index (κ3) is 5.23. The van der Waals surface area contributed by atoms with E-state index in [1.165, 1.54) is 0 Å². The molecule has 0 bridgehead atoms. The smallest absolute Gasteiger partial charge is 0.229 e. The first-order valence-electron chi connectivity index (χ1n) is 10.8. The minimum atomic E-state index is 0.0499. The molecule has 0 spiro atoms. The van der Waals surface area contributed by atoms with Crippen LogP contribution in [0.2, 0.25) is 5.02 Å². The van der Waals surface area contributed by atoms with Gasteiger partial charge in [0.05, 0.1) is 19.0 Å². The van der Waals surface area contributed by atoms with Crippen LogP contribution in [0.25, 0.3) is 0 Å². The molecule has 1 aromatic heterocycles. The van der Waals surface area contributed by atoms with E-state index in [-0.39, 0.29) is 6.04 Å². The number of halogens is 1. The van der Waals surface area contributed by atoms with Gasteiger partial charge in [-0.05, 0) is 31.7 Å². The van der Waals surface area contributed by atoms with Gasteiger partial charge < -0.3 is 25.2 Å². The number of benzene rings is 2. The van der Waals surface area contributed by atoms with Crippen molar-refractivity contribution in [2.24, 2.45) is 0 Å². The lowest BCUT2D eigenvalue weighted by Crippen LogP contribution is -2.44. The third-order valence-corrected chi connectivity index (χ3v) is 5.97. The number of nitrogens with one attached hydrogen (secondary N) is 2. The molecule has 0 unspecified atom stereocenters. The Labute approximate surface area is 194 Å². The molecule has 1 aliphatic rings. The number of hydrogen-bond donors (Lipinski definition) is 2. The van der Waals surface area contributed by atoms with Crippen LogP contribution in [-0.2, 0) is 0 Å². The van der Waals surface area contributed by atoms with Gasteiger partial charge in [-0.25, -0.2) is 4.98 Å². The normalized spacial score (nSPS) is 15.3. The summed E-state index contributed by atoms with van der Waals surface area (Å²) >= 11 is 6.36. The summed E-state index contributed by atoms with van der Waals surface area (Å²) in [5.41, 5.74) is 3.10. The Morgan fingerprint density at radius 1 is 1.06 bits per heavy atom. The van der Waals surface area contributed by atoms with Gasteiger partial charge in [-0.15, -0.1) is 0 Å². The fourth-order valence-corrected chi connectivity index (χ4v) is 3.87. The summed E-state index contributed by atoms with van der Waals surface area (Å²) in [6.07, 6.45) is 1.60. The van der Waals surface area contributed by atoms with Crippen molar-refractivity contribution in [3.8, 4) is 5.75 Å². The van der Waals surface area contributed by atoms with Crippen LogP contribution in [-0.4, -0.2) is 55.2 Å². The topological polar surface area (TPSA) is 65.6 Å². The number of anilines is 4. The molecule has 4 rings (SSSR count). The van der Waals surface area contributed by atoms with Crippen LogP contribution in [0.1, 0.15) is 18.5 Å². The lowest BCUT2D eigenvalue weighted by atomic mass is 10.1. The Morgan fingerprint density at radius 3 is 2.53 bits per heavy atom. The van der Waals surface area contributed by atoms with Gasteiger partial charge >= 0.3 is 0 Å². The first-order chi connectivity index (χ1) is 15.5. The maximum Gasteiger partial charge on any atom is 0.229 e. The van der Waals surface area contributed by atoms with Gasteiger partial charge in [0.1, 0.15) is 10.8 Å². The quantitative estimate of drug-likeness (QED) is 0.533. The van der Waals surface area contributed by atoms with Crippen molar-refractivity contribution in [1.82, 2.24) is 14.9 Å². The lowest BCUT2D eigenvalue weighted by Gasteiger charge is -2.34. The largest absolute Gasteiger partial charge is 0.494 e. The average molecular weight is 453 g/mol. The van der Waals surface area contributed by atoms with Crippen LogP contribution >= 0.6 is 11.6 Å². The molecule has 7 nitrogen and oxygen atoms in total. The number of methoxy groups -OCH3 is 1. The molecule has 1 fully saturated rings. The Morgan fingerprint density at radius 2 is 1.81 bits per heavy atom. The van der Waals surface area contributed by atoms with Crippen molar-refractivity contribution < 1.29 is 4.74 Å². The zero-order chi connectivity index (χ0) is 22.5. The molecule has 0 radical (unpaired) electrons. The summed E-state index contributed by atoms with van der Waals surface area (Å²) in [6, 6.07) is 16.4. The monoisotopic (exact) mass is 452 g/mol. The van der Waals surface area contributed by atoms with E-state index in [4.69, 9.17) is 16.3 Å². The van der Waals surface area contributed by atoms with Gasteiger partial charge in [0.25, 0.3) is 0 Å². The summed E-state index contributed by atoms with van der Waals surface area (Å²) in [5.74, 6) is 1.77. The van der Waals surface area contributed by atoms with Crippen LogP contribution in [0.4, 0.5) is 23.1 Å². The molecule has 168 valence electrons. The van der Waals surface area contributed by atoms with Crippen LogP contribution in [0.15, 0.2) is 54.7 Å². The number of piperazine rings is 1. The molecule has 1 atom stereocenters. The number of likely N-dealkylation sites (N-methyl/N-ethyl adjacent to an activating group) is 1. The molecule has 8 heteroatoms. The van der Waals surface area contributed by atoms with Crippen molar-refractivity contribution in [3.05, 3.63) is 65.3 Å². The third-order valence-electron chi connectivity index (χ3n) is 5.70. The molecule has 0 saturated carbocycles. The molecular formula is C24H29ClN6O. The predicted molar refractivity (Wildman–Crippen MR) is 132 cm³/mol. The molecule has 0 aliphatic carbocycles. The molecule has 1 aliphatic heterocycles. The Bertz CT molecular complexity index is 1040. The zero-order valence-corrected chi connectivity index (χ0v) is 19.4. The van der Waals surface area contributed by atoms with Gasteiger partial charge in [0, 0.05) is 44.0 Å². The van der Waals surface area contributed by atoms with Crippen LogP contribution in [0.3, 0.4) is 0 Å². The first-order valence-corrected chi connectivity index (χ1v) is 11.1. The second kappa shape index (κ2) is 10.1. The second-order valence-corrected chi connectivity index (χ2v) is 8.37. The maximum absolute atomic E-state index is 6.36. The maximum atomic E-state index is 6.36. The van der Waals surface area contributed by atoms with E-state index in [1.54, 1.807) is 13.3 Å². The van der Waals surface area contributed by atoms with E-state index in [9.17, 15) is 0 Å². The number of hydrogen-bond acceptors (Lipinski definition) is 7. The fraction of sp³-hybridized carbons (Fsp3) is 0.333. The van der Waals surface area contributed by atoms with Crippen LogP contribution in [0.5, 0.6) is 5.75 Å². The number of ether oxygens (including phenoxy) is 1. The van der Waals surface area contributed by atoms with Crippen molar-refractivity contribution in [3.63, 3.8) is 0 Å². The summed E-state index contributed by atoms with van der Waals surface area (Å²) < 4.78 is 5.65. The average Bonchev–Trinajstić information content (AvgIpc) is 2.82. The molecule has 2 heterocycles. The zero-order valence-electron chi connectivity index (χ0n) is 18.7. The van der Waals surface area contributed by atoms with E-state index in [0.717, 1.165) is 48.9 Å². The van der Waals surface area contributed by atoms with Crippen LogP contribution < -0.4 is 20.3 Å². The van der Waals surface area contributed by atoms with E-state index >= 15 is 0 Å². The van der Waals surface area contributed by atoms with Crippen molar-refractivity contribution in [2.75, 3.05) is 55.9 Å². The number of nitrogens with zero attached hydrogens (tertiary/aromatic N) is 4. The standard InChI is InChI=1S/C24H29ClN6O/c1-17(18-7-5-4-6-8-18)27-23-20(25)16-26-24(29-23)28-21-10-9-19(15-22(21)32-3)31-13-11-30(2)12-14-31/h4-10,15-17H,11-14H2,1-3H3,(H2,26,27,28,29)/t17-/m0/s1. The Balaban J connectivity index is 1.50. The van der Waals surface area contributed by atoms with Crippen molar-refractivity contribution in [1.29, 1.82) is 0 Å². The summed E-state index contributed by atoms with van der Waals surface area (Å²) in [7, 11) is 3.83. The van der Waals surface area contributed by atoms with E-state index in [2.05, 4.69) is 68.6 Å². The molecule has 1 saturated heterocycles. The minimum absolute atomic E-state index is 0.0499. The molecule has 2 N–H and O–H groups in total. The summed E-state index contributed by atoms with van der Waals surface area (Å²) in [5, 5.41) is 7.11. The van der Waals surface area contributed by atoms with Gasteiger partial charge in [0.15, 0.2) is 5.82 Å². The fourth-order valence-electron chi connectivity index (χ4n) is 3.72. The van der Waals surface area contributed by atoms with Gasteiger partial charge in [-0.3, -0.25) is 0 Å². The summed E-state index contributed by atoms with van der Waals surface area (Å²) in [4.78, 5) is 13.6. The molecule has 2 aromatic carbocycles. The lowest BCUT2D eigenvalue weighted by molar-refractivity contribution is 0.312. The van der Waals surface area contributed by atoms with Gasteiger partial charge in [-0.2, -0.15) is 4.98 Å². The number of aromatic nitrogens is 2. The highest BCUT2D eigenvalue weighted by atomic mass is 35.5. The highest BCUT2D eigenvalue weighted by Gasteiger charge is 2.17. The first kappa shape index (κ1) is 22.2. The van der Waals surface area contributed by atoms with Gasteiger partial charge in [-0.1, -0.05) is 41.9 Å². The van der Waals surface area contributed by atoms with E-state index < -0.39 is 0 Å². The predicted octanol–water partition coefficient (Wildman–Crippen LogP) is 4.81. The summed E-state index contributed by atoms with van der Waals surface area (Å²) in [6.45, 7) is 6.18. The van der Waals surface area contributed by atoms with Crippen LogP contribution in [0, 0.1) is 0 Å². The van der Waals surface area contributed by atoms with Crippen molar-refractivity contribution >= 4 is 34.7 Å². The second-order valence-electron chi connectivity index (χ2n) is 7.97. The molecule has 32 heavy (non-hydrogen) atoms. The molecular weight excluding hydrogens is 424 g/mol. The van der Waals surface area contributed by atoms with E-state index in [0.29, 0.717) is 16.8 Å². The van der Waals surface area contributed by atoms with Gasteiger partial charge in [0.2, 0.25) is 5.95 Å². The SMILES string of the molecule is COc1cc(N2CCN(C)CC2)ccc1Nc1ncc(Cl)c(N[C@@H](C)c2ccccc2)n1.